The minimum Gasteiger partial charge on any atom is -0.394 e. The van der Waals surface area contributed by atoms with E-state index in [1.807, 2.05) is 24.3 Å². The second-order valence-electron chi connectivity index (χ2n) is 6.74. The summed E-state index contributed by atoms with van der Waals surface area (Å²) in [7, 11) is 0. The van der Waals surface area contributed by atoms with Gasteiger partial charge in [-0.15, -0.1) is 0 Å². The van der Waals surface area contributed by atoms with E-state index < -0.39 is 24.4 Å². The lowest BCUT2D eigenvalue weighted by Gasteiger charge is -2.37. The topological polar surface area (TPSA) is 69.9 Å². The van der Waals surface area contributed by atoms with E-state index in [4.69, 9.17) is 4.74 Å². The van der Waals surface area contributed by atoms with Crippen LogP contribution in [0.3, 0.4) is 0 Å². The summed E-state index contributed by atoms with van der Waals surface area (Å²) in [5.41, 5.74) is 3.37. The maximum atomic E-state index is 10.3. The van der Waals surface area contributed by atoms with Crippen LogP contribution in [0.5, 0.6) is 0 Å². The van der Waals surface area contributed by atoms with E-state index in [1.54, 1.807) is 0 Å². The van der Waals surface area contributed by atoms with Crippen molar-refractivity contribution in [3.63, 3.8) is 0 Å². The number of ether oxygens (including phenoxy) is 1. The third-order valence-electron chi connectivity index (χ3n) is 4.80. The Labute approximate surface area is 148 Å². The maximum absolute atomic E-state index is 10.3. The van der Waals surface area contributed by atoms with E-state index in [0.717, 1.165) is 24.8 Å². The molecular formula is C21H26O4. The number of benzene rings is 2. The van der Waals surface area contributed by atoms with Crippen molar-refractivity contribution in [2.24, 2.45) is 0 Å². The Bertz CT molecular complexity index is 658. The monoisotopic (exact) mass is 342 g/mol. The molecule has 1 aliphatic heterocycles. The molecule has 3 N–H and O–H groups in total. The number of aliphatic hydroxyl groups is 3. The van der Waals surface area contributed by atoms with Crippen LogP contribution in [0.2, 0.25) is 0 Å². The first-order valence-corrected chi connectivity index (χ1v) is 8.92. The summed E-state index contributed by atoms with van der Waals surface area (Å²) in [5, 5.41) is 29.6. The molecule has 1 aliphatic rings. The summed E-state index contributed by atoms with van der Waals surface area (Å²) in [6.07, 6.45) is 0.380. The molecule has 134 valence electrons. The molecule has 0 amide bonds. The lowest BCUT2D eigenvalue weighted by atomic mass is 9.92. The molecule has 4 heteroatoms. The lowest BCUT2D eigenvalue weighted by Crippen LogP contribution is -2.44. The second-order valence-corrected chi connectivity index (χ2v) is 6.74. The molecule has 4 nitrogen and oxygen atoms in total. The van der Waals surface area contributed by atoms with Crippen LogP contribution in [0.25, 0.3) is 0 Å². The first-order valence-electron chi connectivity index (χ1n) is 8.92. The molecule has 3 rings (SSSR count). The van der Waals surface area contributed by atoms with Gasteiger partial charge in [-0.3, -0.25) is 0 Å². The first kappa shape index (κ1) is 18.1. The molecule has 0 aliphatic carbocycles. The summed E-state index contributed by atoms with van der Waals surface area (Å²) >= 11 is 0. The fourth-order valence-electron chi connectivity index (χ4n) is 3.41. The maximum Gasteiger partial charge on any atom is 0.111 e. The highest BCUT2D eigenvalue weighted by atomic mass is 16.5. The van der Waals surface area contributed by atoms with E-state index in [0.29, 0.717) is 0 Å². The van der Waals surface area contributed by atoms with Crippen molar-refractivity contribution in [3.8, 4) is 0 Å². The van der Waals surface area contributed by atoms with E-state index in [9.17, 15) is 15.3 Å². The fourth-order valence-corrected chi connectivity index (χ4v) is 3.41. The Morgan fingerprint density at radius 2 is 1.64 bits per heavy atom. The smallest absolute Gasteiger partial charge is 0.111 e. The van der Waals surface area contributed by atoms with Crippen LogP contribution >= 0.6 is 0 Å². The van der Waals surface area contributed by atoms with Gasteiger partial charge in [-0.05, 0) is 36.0 Å². The van der Waals surface area contributed by atoms with Gasteiger partial charge in [0, 0.05) is 6.42 Å². The van der Waals surface area contributed by atoms with Crippen molar-refractivity contribution in [1.29, 1.82) is 0 Å². The van der Waals surface area contributed by atoms with Crippen molar-refractivity contribution in [1.82, 2.24) is 0 Å². The normalized spacial score (nSPS) is 26.5. The molecule has 1 heterocycles. The van der Waals surface area contributed by atoms with Gasteiger partial charge in [0.1, 0.15) is 12.2 Å². The molecule has 0 radical (unpaired) electrons. The predicted molar refractivity (Wildman–Crippen MR) is 96.2 cm³/mol. The molecule has 0 aromatic heterocycles. The Hall–Kier alpha value is -1.72. The summed E-state index contributed by atoms with van der Waals surface area (Å²) < 4.78 is 5.77. The first-order chi connectivity index (χ1) is 12.2. The molecular weight excluding hydrogens is 316 g/mol. The quantitative estimate of drug-likeness (QED) is 0.754. The third-order valence-corrected chi connectivity index (χ3v) is 4.80. The van der Waals surface area contributed by atoms with Gasteiger partial charge in [-0.2, -0.15) is 0 Å². The van der Waals surface area contributed by atoms with E-state index in [-0.39, 0.29) is 13.0 Å². The zero-order valence-corrected chi connectivity index (χ0v) is 14.3. The van der Waals surface area contributed by atoms with E-state index in [1.165, 1.54) is 11.1 Å². The number of aliphatic hydroxyl groups excluding tert-OH is 3. The van der Waals surface area contributed by atoms with E-state index in [2.05, 4.69) is 30.3 Å². The van der Waals surface area contributed by atoms with Crippen LogP contribution in [0.1, 0.15) is 35.6 Å². The van der Waals surface area contributed by atoms with Crippen LogP contribution in [-0.4, -0.2) is 40.2 Å². The summed E-state index contributed by atoms with van der Waals surface area (Å²) in [5.74, 6) is 0. The molecule has 4 atom stereocenters. The van der Waals surface area contributed by atoms with Crippen LogP contribution in [0.4, 0.5) is 0 Å². The average Bonchev–Trinajstić information content (AvgIpc) is 2.65. The number of hydrogen-bond acceptors (Lipinski definition) is 4. The summed E-state index contributed by atoms with van der Waals surface area (Å²) in [6, 6.07) is 18.4. The Kier molecular flexibility index (Phi) is 6.21. The summed E-state index contributed by atoms with van der Waals surface area (Å²) in [4.78, 5) is 0. The van der Waals surface area contributed by atoms with Gasteiger partial charge >= 0.3 is 0 Å². The second kappa shape index (κ2) is 8.59. The Balaban J connectivity index is 1.64. The lowest BCUT2D eigenvalue weighted by molar-refractivity contribution is -0.179. The Morgan fingerprint density at radius 1 is 0.920 bits per heavy atom. The zero-order chi connectivity index (χ0) is 17.6. The average molecular weight is 342 g/mol. The molecule has 2 aromatic carbocycles. The molecule has 25 heavy (non-hydrogen) atoms. The largest absolute Gasteiger partial charge is 0.394 e. The highest BCUT2D eigenvalue weighted by Gasteiger charge is 2.37. The standard InChI is InChI=1S/C21H26O4/c22-14-18-13-19(23)20(24)21(25-18)17-11-5-10-16(12-17)9-4-8-15-6-2-1-3-7-15/h1-3,5-7,10-12,18-24H,4,8-9,13-14H2/t18?,19?,20?,21-/m1/s1. The number of hydrogen-bond donors (Lipinski definition) is 3. The van der Waals surface area contributed by atoms with Crippen LogP contribution in [-0.2, 0) is 17.6 Å². The minimum atomic E-state index is -0.970. The van der Waals surface area contributed by atoms with Gasteiger partial charge in [0.2, 0.25) is 0 Å². The van der Waals surface area contributed by atoms with Crippen molar-refractivity contribution < 1.29 is 20.1 Å². The number of rotatable bonds is 6. The SMILES string of the molecule is OCC1CC(O)C(O)[C@@H](c2cccc(CCCc3ccccc3)c2)O1. The fraction of sp³-hybridized carbons (Fsp3) is 0.429. The molecule has 0 spiro atoms. The van der Waals surface area contributed by atoms with Crippen molar-refractivity contribution in [3.05, 3.63) is 71.3 Å². The van der Waals surface area contributed by atoms with Gasteiger partial charge in [0.15, 0.2) is 0 Å². The van der Waals surface area contributed by atoms with Crippen LogP contribution in [0.15, 0.2) is 54.6 Å². The molecule has 0 saturated carbocycles. The highest BCUT2D eigenvalue weighted by Crippen LogP contribution is 2.32. The predicted octanol–water partition coefficient (Wildman–Crippen LogP) is 2.41. The highest BCUT2D eigenvalue weighted by molar-refractivity contribution is 5.27. The van der Waals surface area contributed by atoms with Crippen LogP contribution < -0.4 is 0 Å². The zero-order valence-electron chi connectivity index (χ0n) is 14.3. The molecule has 2 aromatic rings. The van der Waals surface area contributed by atoms with Gasteiger partial charge in [-0.1, -0.05) is 54.6 Å². The van der Waals surface area contributed by atoms with Gasteiger partial charge in [-0.25, -0.2) is 0 Å². The molecule has 1 saturated heterocycles. The third kappa shape index (κ3) is 4.67. The van der Waals surface area contributed by atoms with E-state index >= 15 is 0 Å². The number of aryl methyl sites for hydroxylation is 2. The van der Waals surface area contributed by atoms with Gasteiger partial charge in [0.05, 0.1) is 18.8 Å². The molecule has 1 fully saturated rings. The summed E-state index contributed by atoms with van der Waals surface area (Å²) in [6.45, 7) is -0.156. The van der Waals surface area contributed by atoms with Crippen molar-refractivity contribution in [2.45, 2.75) is 50.1 Å². The van der Waals surface area contributed by atoms with Gasteiger partial charge < -0.3 is 20.1 Å². The Morgan fingerprint density at radius 3 is 2.40 bits per heavy atom. The van der Waals surface area contributed by atoms with Crippen molar-refractivity contribution in [2.75, 3.05) is 6.61 Å². The van der Waals surface area contributed by atoms with Crippen LogP contribution in [0, 0.1) is 0 Å². The molecule has 0 bridgehead atoms. The van der Waals surface area contributed by atoms with Gasteiger partial charge in [0.25, 0.3) is 0 Å². The minimum absolute atomic E-state index is 0.156. The molecule has 3 unspecified atom stereocenters. The van der Waals surface area contributed by atoms with Crippen molar-refractivity contribution >= 4 is 0 Å².